The van der Waals surface area contributed by atoms with Gasteiger partial charge in [0.15, 0.2) is 0 Å². The summed E-state index contributed by atoms with van der Waals surface area (Å²) in [6, 6.07) is 2.62. The van der Waals surface area contributed by atoms with E-state index in [0.717, 1.165) is 24.5 Å². The van der Waals surface area contributed by atoms with Crippen molar-refractivity contribution in [1.82, 2.24) is 19.5 Å². The lowest BCUT2D eigenvalue weighted by Crippen LogP contribution is -2.11. The van der Waals surface area contributed by atoms with Crippen LogP contribution < -0.4 is 10.6 Å². The minimum Gasteiger partial charge on any atom is -0.364 e. The van der Waals surface area contributed by atoms with Crippen molar-refractivity contribution in [2.45, 2.75) is 19.1 Å². The zero-order valence-corrected chi connectivity index (χ0v) is 16.0. The highest BCUT2D eigenvalue weighted by atomic mass is 35.5. The van der Waals surface area contributed by atoms with Gasteiger partial charge in [-0.05, 0) is 24.6 Å². The highest BCUT2D eigenvalue weighted by molar-refractivity contribution is 6.33. The van der Waals surface area contributed by atoms with Crippen LogP contribution in [0.5, 0.6) is 0 Å². The molecule has 0 radical (unpaired) electrons. The second-order valence-corrected chi connectivity index (χ2v) is 6.48. The van der Waals surface area contributed by atoms with Crippen molar-refractivity contribution in [2.75, 3.05) is 17.2 Å². The van der Waals surface area contributed by atoms with Crippen LogP contribution in [0.25, 0.3) is 0 Å². The lowest BCUT2D eigenvalue weighted by Gasteiger charge is -2.13. The molecular weight excluding hydrogens is 427 g/mol. The monoisotopic (exact) mass is 441 g/mol. The first-order valence-corrected chi connectivity index (χ1v) is 8.96. The van der Waals surface area contributed by atoms with Gasteiger partial charge >= 0.3 is 11.9 Å². The van der Waals surface area contributed by atoms with E-state index in [9.17, 15) is 23.3 Å². The molecule has 1 aromatic carbocycles. The first kappa shape index (κ1) is 21.3. The number of halogens is 4. The minimum absolute atomic E-state index is 0.0502. The highest BCUT2D eigenvalue weighted by Crippen LogP contribution is 2.37. The molecule has 0 bridgehead atoms. The average molecular weight is 442 g/mol. The number of alkyl halides is 3. The van der Waals surface area contributed by atoms with Gasteiger partial charge in [0.1, 0.15) is 6.33 Å². The summed E-state index contributed by atoms with van der Waals surface area (Å²) in [4.78, 5) is 22.5. The van der Waals surface area contributed by atoms with E-state index in [1.54, 1.807) is 18.7 Å². The van der Waals surface area contributed by atoms with Crippen molar-refractivity contribution < 1.29 is 18.1 Å². The zero-order chi connectivity index (χ0) is 21.7. The molecule has 0 saturated heterocycles. The van der Waals surface area contributed by atoms with Crippen LogP contribution in [0.1, 0.15) is 12.0 Å². The molecule has 0 spiro atoms. The third kappa shape index (κ3) is 5.14. The molecule has 158 valence electrons. The van der Waals surface area contributed by atoms with Gasteiger partial charge in [0.25, 0.3) is 0 Å². The molecular formula is C17H15ClF3N7O2. The molecule has 0 atom stereocenters. The number of nitro groups is 1. The number of hydrogen-bond donors (Lipinski definition) is 2. The van der Waals surface area contributed by atoms with Gasteiger partial charge in [-0.15, -0.1) is 0 Å². The third-order valence-electron chi connectivity index (χ3n) is 4.00. The van der Waals surface area contributed by atoms with Crippen LogP contribution in [0, 0.1) is 10.1 Å². The molecule has 30 heavy (non-hydrogen) atoms. The van der Waals surface area contributed by atoms with Crippen LogP contribution >= 0.6 is 11.6 Å². The van der Waals surface area contributed by atoms with Crippen molar-refractivity contribution in [2.24, 2.45) is 0 Å². The van der Waals surface area contributed by atoms with E-state index in [-0.39, 0.29) is 22.3 Å². The Morgan fingerprint density at radius 3 is 2.67 bits per heavy atom. The number of nitrogens with zero attached hydrogens (tertiary/aromatic N) is 5. The average Bonchev–Trinajstić information content (AvgIpc) is 3.19. The summed E-state index contributed by atoms with van der Waals surface area (Å²) in [6.07, 6.45) is 2.16. The lowest BCUT2D eigenvalue weighted by molar-refractivity contribution is -0.383. The predicted molar refractivity (Wildman–Crippen MR) is 104 cm³/mol. The standard InChI is InChI=1S/C17H15ClF3N7O2/c18-12-3-2-11(17(19,20)21)8-13(12)26-16-14(28(29)30)15(24-9-25-16)23-4-1-6-27-7-5-22-10-27/h2-3,5,7-10H,1,4,6H2,(H2,23,24,25,26). The number of benzene rings is 1. The van der Waals surface area contributed by atoms with Crippen molar-refractivity contribution in [3.8, 4) is 0 Å². The Balaban J connectivity index is 1.80. The Labute approximate surface area is 173 Å². The number of rotatable bonds is 8. The van der Waals surface area contributed by atoms with Gasteiger partial charge < -0.3 is 15.2 Å². The molecule has 0 aliphatic heterocycles. The minimum atomic E-state index is -4.60. The molecule has 0 aliphatic rings. The third-order valence-corrected chi connectivity index (χ3v) is 4.33. The molecule has 13 heteroatoms. The normalized spacial score (nSPS) is 11.3. The molecule has 0 saturated carbocycles. The van der Waals surface area contributed by atoms with Crippen molar-refractivity contribution >= 4 is 34.6 Å². The van der Waals surface area contributed by atoms with E-state index in [4.69, 9.17) is 11.6 Å². The summed E-state index contributed by atoms with van der Waals surface area (Å²) in [6.45, 7) is 0.997. The summed E-state index contributed by atoms with van der Waals surface area (Å²) in [7, 11) is 0. The number of anilines is 3. The van der Waals surface area contributed by atoms with Crippen LogP contribution in [-0.2, 0) is 12.7 Å². The van der Waals surface area contributed by atoms with Gasteiger partial charge in [0, 0.05) is 25.5 Å². The molecule has 3 rings (SSSR count). The Morgan fingerprint density at radius 1 is 1.23 bits per heavy atom. The fraction of sp³-hybridized carbons (Fsp3) is 0.235. The molecule has 2 N–H and O–H groups in total. The molecule has 0 aliphatic carbocycles. The van der Waals surface area contributed by atoms with Crippen molar-refractivity contribution in [3.05, 3.63) is 63.9 Å². The first-order valence-electron chi connectivity index (χ1n) is 8.58. The molecule has 2 heterocycles. The fourth-order valence-corrected chi connectivity index (χ4v) is 2.75. The quantitative estimate of drug-likeness (QED) is 0.301. The Bertz CT molecular complexity index is 1030. The maximum absolute atomic E-state index is 13.0. The molecule has 0 amide bonds. The van der Waals surface area contributed by atoms with E-state index in [1.807, 2.05) is 4.57 Å². The SMILES string of the molecule is O=[N+]([O-])c1c(NCCCn2ccnc2)ncnc1Nc1cc(C(F)(F)F)ccc1Cl. The van der Waals surface area contributed by atoms with E-state index in [2.05, 4.69) is 25.6 Å². The summed E-state index contributed by atoms with van der Waals surface area (Å²) in [5.41, 5.74) is -1.63. The van der Waals surface area contributed by atoms with Crippen LogP contribution in [0.15, 0.2) is 43.2 Å². The molecule has 0 unspecified atom stereocenters. The van der Waals surface area contributed by atoms with Gasteiger partial charge in [-0.25, -0.2) is 15.0 Å². The van der Waals surface area contributed by atoms with Gasteiger partial charge in [0.2, 0.25) is 11.6 Å². The van der Waals surface area contributed by atoms with E-state index in [1.165, 1.54) is 0 Å². The first-order chi connectivity index (χ1) is 14.3. The largest absolute Gasteiger partial charge is 0.416 e. The van der Waals surface area contributed by atoms with Crippen LogP contribution in [-0.4, -0.2) is 31.0 Å². The van der Waals surface area contributed by atoms with E-state index < -0.39 is 22.4 Å². The number of aromatic nitrogens is 4. The van der Waals surface area contributed by atoms with E-state index in [0.29, 0.717) is 19.5 Å². The number of aryl methyl sites for hydroxylation is 1. The fourth-order valence-electron chi connectivity index (χ4n) is 2.58. The summed E-state index contributed by atoms with van der Waals surface area (Å²) < 4.78 is 40.7. The lowest BCUT2D eigenvalue weighted by atomic mass is 10.2. The Hall–Kier alpha value is -3.41. The van der Waals surface area contributed by atoms with Gasteiger partial charge in [-0.2, -0.15) is 13.2 Å². The van der Waals surface area contributed by atoms with Crippen LogP contribution in [0.2, 0.25) is 5.02 Å². The molecule has 2 aromatic heterocycles. The smallest absolute Gasteiger partial charge is 0.364 e. The van der Waals surface area contributed by atoms with E-state index >= 15 is 0 Å². The number of hydrogen-bond acceptors (Lipinski definition) is 7. The van der Waals surface area contributed by atoms with Gasteiger partial charge in [-0.3, -0.25) is 10.1 Å². The van der Waals surface area contributed by atoms with Crippen molar-refractivity contribution in [1.29, 1.82) is 0 Å². The van der Waals surface area contributed by atoms with Crippen molar-refractivity contribution in [3.63, 3.8) is 0 Å². The summed E-state index contributed by atoms with van der Waals surface area (Å²) in [5, 5.41) is 16.9. The molecule has 0 fully saturated rings. The Morgan fingerprint density at radius 2 is 2.00 bits per heavy atom. The second kappa shape index (κ2) is 8.95. The number of nitrogens with one attached hydrogen (secondary N) is 2. The van der Waals surface area contributed by atoms with Crippen LogP contribution in [0.4, 0.5) is 36.2 Å². The predicted octanol–water partition coefficient (Wildman–Crippen LogP) is 4.50. The number of imidazole rings is 1. The highest BCUT2D eigenvalue weighted by Gasteiger charge is 2.31. The van der Waals surface area contributed by atoms with Gasteiger partial charge in [0.05, 0.1) is 27.5 Å². The maximum atomic E-state index is 13.0. The summed E-state index contributed by atoms with van der Waals surface area (Å²) in [5.74, 6) is -0.348. The molecule has 3 aromatic rings. The Kier molecular flexibility index (Phi) is 6.35. The topological polar surface area (TPSA) is 111 Å². The zero-order valence-electron chi connectivity index (χ0n) is 15.2. The second-order valence-electron chi connectivity index (χ2n) is 6.07. The summed E-state index contributed by atoms with van der Waals surface area (Å²) >= 11 is 5.95. The molecule has 9 nitrogen and oxygen atoms in total. The van der Waals surface area contributed by atoms with Gasteiger partial charge in [-0.1, -0.05) is 11.6 Å². The maximum Gasteiger partial charge on any atom is 0.416 e. The van der Waals surface area contributed by atoms with Crippen LogP contribution in [0.3, 0.4) is 0 Å².